The number of quaternary nitrogens is 1. The molecule has 2 aliphatic heterocycles. The number of fused-ring (bicyclic) bond motifs is 26. The molecule has 29 rings (SSSR count). The molecule has 25 aromatic rings. The molecule has 2 fully saturated rings. The van der Waals surface area contributed by atoms with Crippen LogP contribution in [-0.2, 0) is 0 Å². The van der Waals surface area contributed by atoms with Gasteiger partial charge in [-0.05, 0) is 181 Å². The molecule has 7 heteroatoms. The Bertz CT molecular complexity index is 8000. The number of hydrogen-bond donors (Lipinski definition) is 0. The fraction of sp³-hybridized carbons (Fsp3) is 0.0732. The summed E-state index contributed by atoms with van der Waals surface area (Å²) in [7, 11) is 0. The number of para-hydroxylation sites is 14. The van der Waals surface area contributed by atoms with E-state index in [4.69, 9.17) is 0 Å². The monoisotopic (exact) mass is 1660 g/mol. The van der Waals surface area contributed by atoms with Gasteiger partial charge in [0, 0.05) is 145 Å². The van der Waals surface area contributed by atoms with E-state index in [-0.39, 0.29) is 5.54 Å². The van der Waals surface area contributed by atoms with E-state index in [0.29, 0.717) is 18.0 Å². The van der Waals surface area contributed by atoms with Crippen molar-refractivity contribution >= 4 is 142 Å². The van der Waals surface area contributed by atoms with E-state index in [1.165, 1.54) is 235 Å². The lowest BCUT2D eigenvalue weighted by molar-refractivity contribution is 0.0526. The van der Waals surface area contributed by atoms with Crippen molar-refractivity contribution in [1.82, 2.24) is 31.9 Å². The van der Waals surface area contributed by atoms with Gasteiger partial charge in [-0.15, -0.1) is 0 Å². The topological polar surface area (TPSA) is 29.6 Å². The van der Waals surface area contributed by atoms with Crippen molar-refractivity contribution in [2.24, 2.45) is 0 Å². The van der Waals surface area contributed by atoms with Crippen molar-refractivity contribution in [3.05, 3.63) is 472 Å². The van der Waals surface area contributed by atoms with Crippen molar-refractivity contribution < 1.29 is 0 Å². The SMILES string of the molecule is CC1(C2c3ccccc3-c3ccccc32)CC[N+]12c1ccccc1-c1ccccc12.c1cc(-n2c3ccccc3c3ccccc32)cc(-n2c3ccccc3c3ccccc32)c1.c1ccc2c(c1)c1ccccc1n2-c1ccc(-c2ccc(-n3c4ccccc4c4ccccc43)cc2)cc1.c1ccc2c(c1)c1ccccc1n2C1CC(n2c3ccccc3c3ccccc32)C1. The quantitative estimate of drug-likeness (QED) is 0.136. The lowest BCUT2D eigenvalue weighted by Crippen LogP contribution is -2.72. The van der Waals surface area contributed by atoms with E-state index >= 15 is 0 Å². The van der Waals surface area contributed by atoms with Crippen LogP contribution in [0.4, 0.5) is 11.4 Å². The van der Waals surface area contributed by atoms with Crippen molar-refractivity contribution in [2.75, 3.05) is 6.54 Å². The smallest absolute Gasteiger partial charge is 0.146 e. The minimum atomic E-state index is 0.0887. The second-order valence-electron chi connectivity index (χ2n) is 36.0. The standard InChI is InChI=1S/C36H24N2.C30H20N2.C29H24N.C28H22N2/c1-5-13-33-29(9-1)30-10-2-6-14-34(30)37(33)27-21-17-25(18-22-27)26-19-23-28(24-20-26)38-35-15-7-3-11-31(35)32-12-4-8-16-36(32)38;1-5-16-27-23(12-1)24-13-2-6-17-28(24)31(27)21-10-9-11-22(20-21)32-29-18-7-3-14-25(29)26-15-4-8-19-30(26)32;1-29(28-24-14-4-2-10-20(24)21-11-3-5-15-25(21)28)18-19-30(29)26-16-8-6-12-22(26)23-13-7-9-17-27(23)30;1-5-13-25-21(9-1)22-10-2-6-14-26(22)29(25)19-17-20(18-19)30-27-15-7-3-11-23(27)24-12-4-8-16-28(24)30/h1-24H;1-20H;2-17,28H,18-19H2,1H3;1-16,19-20H,17-18H2/q;;+1;. The second-order valence-corrected chi connectivity index (χ2v) is 36.0. The minimum Gasteiger partial charge on any atom is -0.337 e. The lowest BCUT2D eigenvalue weighted by atomic mass is 9.68. The highest BCUT2D eigenvalue weighted by molar-refractivity contribution is 6.14. The zero-order valence-electron chi connectivity index (χ0n) is 72.1. The van der Waals surface area contributed by atoms with Gasteiger partial charge in [0.1, 0.15) is 16.9 Å². The van der Waals surface area contributed by atoms with E-state index in [1.54, 1.807) is 0 Å². The molecular formula is C123H90N7+. The fourth-order valence-corrected chi connectivity index (χ4v) is 23.7. The van der Waals surface area contributed by atoms with Crippen molar-refractivity contribution in [1.29, 1.82) is 0 Å². The molecule has 1 atom stereocenters. The van der Waals surface area contributed by atoms with Crippen LogP contribution in [0, 0.1) is 0 Å². The van der Waals surface area contributed by atoms with Gasteiger partial charge in [0.05, 0.1) is 63.0 Å². The van der Waals surface area contributed by atoms with Crippen molar-refractivity contribution in [3.8, 4) is 56.1 Å². The Labute approximate surface area is 753 Å². The third-order valence-electron chi connectivity index (χ3n) is 29.5. The van der Waals surface area contributed by atoms with Gasteiger partial charge >= 0.3 is 0 Å². The molecule has 0 bridgehead atoms. The van der Waals surface area contributed by atoms with E-state index < -0.39 is 0 Å². The summed E-state index contributed by atoms with van der Waals surface area (Å²) in [4.78, 5) is 0. The summed E-state index contributed by atoms with van der Waals surface area (Å²) in [6.07, 6.45) is 3.57. The van der Waals surface area contributed by atoms with Gasteiger partial charge in [-0.1, -0.05) is 322 Å². The van der Waals surface area contributed by atoms with E-state index in [9.17, 15) is 0 Å². The molecule has 1 unspecified atom stereocenters. The minimum absolute atomic E-state index is 0.0887. The molecule has 616 valence electrons. The van der Waals surface area contributed by atoms with Gasteiger partial charge in [-0.2, -0.15) is 0 Å². The number of rotatable bonds is 8. The maximum Gasteiger partial charge on any atom is 0.146 e. The van der Waals surface area contributed by atoms with Crippen LogP contribution in [0.5, 0.6) is 0 Å². The normalized spacial score (nSPS) is 15.8. The van der Waals surface area contributed by atoms with Gasteiger partial charge in [0.2, 0.25) is 0 Å². The van der Waals surface area contributed by atoms with Crippen molar-refractivity contribution in [3.63, 3.8) is 0 Å². The first-order chi connectivity index (χ1) is 64.4. The Morgan fingerprint density at radius 1 is 0.215 bits per heavy atom. The first kappa shape index (κ1) is 75.3. The van der Waals surface area contributed by atoms with Gasteiger partial charge in [-0.25, -0.2) is 0 Å². The highest BCUT2D eigenvalue weighted by Gasteiger charge is 2.68. The van der Waals surface area contributed by atoms with Gasteiger partial charge < -0.3 is 27.4 Å². The van der Waals surface area contributed by atoms with Crippen LogP contribution in [0.2, 0.25) is 0 Å². The largest absolute Gasteiger partial charge is 0.337 e. The zero-order valence-corrected chi connectivity index (χ0v) is 72.1. The predicted octanol–water partition coefficient (Wildman–Crippen LogP) is 32.2. The number of aromatic nitrogens is 6. The third kappa shape index (κ3) is 11.4. The Hall–Kier alpha value is -16.1. The first-order valence-electron chi connectivity index (χ1n) is 45.9. The highest BCUT2D eigenvalue weighted by Crippen LogP contribution is 2.68. The molecule has 130 heavy (non-hydrogen) atoms. The van der Waals surface area contributed by atoms with Crippen LogP contribution >= 0.6 is 0 Å². The molecule has 19 aromatic carbocycles. The molecule has 0 N–H and O–H groups in total. The summed E-state index contributed by atoms with van der Waals surface area (Å²) < 4.78 is 15.6. The molecule has 1 saturated heterocycles. The average molecular weight is 1670 g/mol. The van der Waals surface area contributed by atoms with Crippen LogP contribution in [0.15, 0.2) is 461 Å². The van der Waals surface area contributed by atoms with E-state index in [1.807, 2.05) is 0 Å². The lowest BCUT2D eigenvalue weighted by Gasteiger charge is -2.60. The molecule has 0 amide bonds. The number of benzene rings is 19. The summed E-state index contributed by atoms with van der Waals surface area (Å²) in [5.74, 6) is 0.401. The molecule has 0 radical (unpaired) electrons. The Morgan fingerprint density at radius 2 is 0.446 bits per heavy atom. The Morgan fingerprint density at radius 3 is 0.723 bits per heavy atom. The van der Waals surface area contributed by atoms with E-state index in [0.717, 1.165) is 4.48 Å². The zero-order chi connectivity index (χ0) is 85.7. The molecule has 1 spiro atoms. The molecule has 6 aromatic heterocycles. The molecule has 2 aliphatic carbocycles. The highest BCUT2D eigenvalue weighted by atomic mass is 15.5. The van der Waals surface area contributed by atoms with Crippen LogP contribution in [0.3, 0.4) is 0 Å². The van der Waals surface area contributed by atoms with Crippen LogP contribution in [0.25, 0.3) is 187 Å². The molecule has 7 nitrogen and oxygen atoms in total. The summed E-state index contributed by atoms with van der Waals surface area (Å²) in [5, 5.41) is 15.7. The maximum absolute atomic E-state index is 2.59. The summed E-state index contributed by atoms with van der Waals surface area (Å²) >= 11 is 0. The van der Waals surface area contributed by atoms with Crippen LogP contribution in [0.1, 0.15) is 55.3 Å². The van der Waals surface area contributed by atoms with Gasteiger partial charge in [-0.3, -0.25) is 4.48 Å². The second kappa shape index (κ2) is 30.1. The summed E-state index contributed by atoms with van der Waals surface area (Å²) in [5.41, 5.74) is 34.1. The van der Waals surface area contributed by atoms with Crippen LogP contribution < -0.4 is 4.48 Å². The van der Waals surface area contributed by atoms with Crippen molar-refractivity contribution in [2.45, 2.75) is 49.7 Å². The molecular weight excluding hydrogens is 1580 g/mol. The number of hydrogen-bond acceptors (Lipinski definition) is 0. The van der Waals surface area contributed by atoms with Crippen LogP contribution in [-0.4, -0.2) is 39.5 Å². The van der Waals surface area contributed by atoms with Gasteiger partial charge in [0.25, 0.3) is 0 Å². The predicted molar refractivity (Wildman–Crippen MR) is 547 cm³/mol. The number of nitrogens with zero attached hydrogens (tertiary/aromatic N) is 7. The fourth-order valence-electron chi connectivity index (χ4n) is 23.7. The maximum atomic E-state index is 2.59. The Kier molecular flexibility index (Phi) is 17.4. The third-order valence-corrected chi connectivity index (χ3v) is 29.5. The summed E-state index contributed by atoms with van der Waals surface area (Å²) in [6, 6.07) is 169. The molecule has 1 saturated carbocycles. The average Bonchev–Trinajstić information content (AvgIpc) is 1.48. The molecule has 4 aliphatic rings. The van der Waals surface area contributed by atoms with E-state index in [2.05, 4.69) is 495 Å². The Balaban J connectivity index is 0.0000000917. The molecule has 8 heterocycles. The summed E-state index contributed by atoms with van der Waals surface area (Å²) in [6.45, 7) is 3.71. The first-order valence-corrected chi connectivity index (χ1v) is 45.9. The van der Waals surface area contributed by atoms with Gasteiger partial charge in [0.15, 0.2) is 0 Å².